The SMILES string of the molecule is c1ccc(-c2cc(-c3ccccc3)cc(N(c3ccccc3)c3ccc4c5c6c(ccc5n(-c5ccccc5)c4c3)-c3ccccc3C6)c2)cc1. The number of fused-ring (bicyclic) bond motifs is 7. The zero-order valence-electron chi connectivity index (χ0n) is 28.1. The highest BCUT2D eigenvalue weighted by Gasteiger charge is 2.25. The Morgan fingerprint density at radius 2 is 1.00 bits per heavy atom. The van der Waals surface area contributed by atoms with Crippen LogP contribution in [0.15, 0.2) is 194 Å². The lowest BCUT2D eigenvalue weighted by Crippen LogP contribution is -2.10. The van der Waals surface area contributed by atoms with Gasteiger partial charge in [-0.15, -0.1) is 0 Å². The average Bonchev–Trinajstić information content (AvgIpc) is 3.75. The Balaban J connectivity index is 1.24. The molecule has 2 heteroatoms. The van der Waals surface area contributed by atoms with Gasteiger partial charge in [-0.2, -0.15) is 0 Å². The number of para-hydroxylation sites is 2. The van der Waals surface area contributed by atoms with Crippen LogP contribution in [0.5, 0.6) is 0 Å². The van der Waals surface area contributed by atoms with Crippen molar-refractivity contribution >= 4 is 38.9 Å². The minimum atomic E-state index is 0.948. The molecular formula is C49H34N2. The molecule has 2 nitrogen and oxygen atoms in total. The smallest absolute Gasteiger partial charge is 0.0562 e. The summed E-state index contributed by atoms with van der Waals surface area (Å²) in [5.74, 6) is 0. The monoisotopic (exact) mass is 650 g/mol. The van der Waals surface area contributed by atoms with E-state index in [0.29, 0.717) is 0 Å². The van der Waals surface area contributed by atoms with Crippen molar-refractivity contribution in [3.05, 3.63) is 205 Å². The van der Waals surface area contributed by atoms with Gasteiger partial charge in [-0.05, 0) is 112 Å². The van der Waals surface area contributed by atoms with Gasteiger partial charge in [0.15, 0.2) is 0 Å². The van der Waals surface area contributed by atoms with E-state index in [2.05, 4.69) is 204 Å². The van der Waals surface area contributed by atoms with Crippen LogP contribution < -0.4 is 4.90 Å². The highest BCUT2D eigenvalue weighted by Crippen LogP contribution is 2.46. The Hall–Kier alpha value is -6.64. The predicted molar refractivity (Wildman–Crippen MR) is 215 cm³/mol. The van der Waals surface area contributed by atoms with Crippen LogP contribution in [-0.2, 0) is 6.42 Å². The van der Waals surface area contributed by atoms with Crippen molar-refractivity contribution in [1.82, 2.24) is 4.57 Å². The van der Waals surface area contributed by atoms with Gasteiger partial charge >= 0.3 is 0 Å². The van der Waals surface area contributed by atoms with Crippen LogP contribution in [-0.4, -0.2) is 4.57 Å². The molecule has 0 atom stereocenters. The minimum Gasteiger partial charge on any atom is -0.310 e. The van der Waals surface area contributed by atoms with E-state index in [1.165, 1.54) is 66.3 Å². The van der Waals surface area contributed by atoms with Crippen molar-refractivity contribution in [2.75, 3.05) is 4.90 Å². The standard InChI is InChI=1S/C49H34N2/c1-5-15-34(16-6-1)37-29-38(35-17-7-2-8-18-35)31-42(30-37)50(39-20-9-3-10-21-39)41-25-26-45-48(33-41)51(40-22-11-4-12-23-40)47-28-27-44-43-24-14-13-19-36(43)32-46(44)49(45)47/h1-31,33H,32H2. The summed E-state index contributed by atoms with van der Waals surface area (Å²) < 4.78 is 2.45. The van der Waals surface area contributed by atoms with E-state index in [4.69, 9.17) is 0 Å². The van der Waals surface area contributed by atoms with Crippen molar-refractivity contribution < 1.29 is 0 Å². The van der Waals surface area contributed by atoms with E-state index in [9.17, 15) is 0 Å². The maximum Gasteiger partial charge on any atom is 0.0562 e. The Bertz CT molecular complexity index is 2630. The molecule has 0 bridgehead atoms. The quantitative estimate of drug-likeness (QED) is 0.174. The molecule has 0 saturated heterocycles. The van der Waals surface area contributed by atoms with Gasteiger partial charge in [0.25, 0.3) is 0 Å². The molecule has 1 aliphatic rings. The summed E-state index contributed by atoms with van der Waals surface area (Å²) in [5.41, 5.74) is 17.2. The third-order valence-corrected chi connectivity index (χ3v) is 10.4. The largest absolute Gasteiger partial charge is 0.310 e. The summed E-state index contributed by atoms with van der Waals surface area (Å²) in [4.78, 5) is 2.41. The second-order valence-corrected chi connectivity index (χ2v) is 13.4. The first kappa shape index (κ1) is 29.3. The molecule has 51 heavy (non-hydrogen) atoms. The maximum absolute atomic E-state index is 2.45. The molecule has 1 aliphatic carbocycles. The van der Waals surface area contributed by atoms with Crippen LogP contribution in [0, 0.1) is 0 Å². The fraction of sp³-hybridized carbons (Fsp3) is 0.0204. The number of rotatable bonds is 6. The summed E-state index contributed by atoms with van der Waals surface area (Å²) in [6, 6.07) is 70.5. The van der Waals surface area contributed by atoms with Gasteiger partial charge in [-0.3, -0.25) is 0 Å². The Morgan fingerprint density at radius 3 is 1.69 bits per heavy atom. The van der Waals surface area contributed by atoms with E-state index >= 15 is 0 Å². The number of anilines is 3. The first-order valence-corrected chi connectivity index (χ1v) is 17.6. The van der Waals surface area contributed by atoms with E-state index in [1.54, 1.807) is 0 Å². The number of aromatic nitrogens is 1. The molecule has 0 spiro atoms. The Labute approximate surface area is 298 Å². The molecule has 0 unspecified atom stereocenters. The summed E-state index contributed by atoms with van der Waals surface area (Å²) in [5, 5.41) is 2.62. The minimum absolute atomic E-state index is 0.948. The third kappa shape index (κ3) is 4.95. The van der Waals surface area contributed by atoms with Crippen molar-refractivity contribution in [3.63, 3.8) is 0 Å². The van der Waals surface area contributed by atoms with Gasteiger partial charge in [0.1, 0.15) is 0 Å². The molecule has 0 radical (unpaired) electrons. The second kappa shape index (κ2) is 12.0. The molecule has 9 aromatic rings. The maximum atomic E-state index is 2.45. The number of nitrogens with zero attached hydrogens (tertiary/aromatic N) is 2. The molecule has 10 rings (SSSR count). The molecule has 8 aromatic carbocycles. The van der Waals surface area contributed by atoms with Crippen LogP contribution >= 0.6 is 0 Å². The second-order valence-electron chi connectivity index (χ2n) is 13.4. The lowest BCUT2D eigenvalue weighted by Gasteiger charge is -2.27. The fourth-order valence-electron chi connectivity index (χ4n) is 8.09. The molecular weight excluding hydrogens is 617 g/mol. The number of benzene rings is 8. The third-order valence-electron chi connectivity index (χ3n) is 10.4. The van der Waals surface area contributed by atoms with Crippen molar-refractivity contribution in [1.29, 1.82) is 0 Å². The van der Waals surface area contributed by atoms with E-state index in [1.807, 2.05) is 0 Å². The van der Waals surface area contributed by atoms with Crippen molar-refractivity contribution in [3.8, 4) is 39.1 Å². The highest BCUT2D eigenvalue weighted by atomic mass is 15.1. The molecule has 1 heterocycles. The topological polar surface area (TPSA) is 8.17 Å². The van der Waals surface area contributed by atoms with Gasteiger partial charge in [0.05, 0.1) is 11.0 Å². The molecule has 0 fully saturated rings. The van der Waals surface area contributed by atoms with Crippen LogP contribution in [0.25, 0.3) is 60.9 Å². The van der Waals surface area contributed by atoms with Gasteiger partial charge in [-0.1, -0.05) is 133 Å². The normalized spacial score (nSPS) is 11.8. The number of hydrogen-bond donors (Lipinski definition) is 0. The molecule has 0 aliphatic heterocycles. The molecule has 1 aromatic heterocycles. The van der Waals surface area contributed by atoms with E-state index in [0.717, 1.165) is 29.2 Å². The zero-order chi connectivity index (χ0) is 33.7. The highest BCUT2D eigenvalue weighted by molar-refractivity contribution is 6.14. The lowest BCUT2D eigenvalue weighted by atomic mass is 9.97. The molecule has 0 amide bonds. The first-order chi connectivity index (χ1) is 25.3. The summed E-state index contributed by atoms with van der Waals surface area (Å²) >= 11 is 0. The van der Waals surface area contributed by atoms with Crippen LogP contribution in [0.3, 0.4) is 0 Å². The van der Waals surface area contributed by atoms with Gasteiger partial charge in [0, 0.05) is 33.5 Å². The van der Waals surface area contributed by atoms with Gasteiger partial charge in [-0.25, -0.2) is 0 Å². The Morgan fingerprint density at radius 1 is 0.392 bits per heavy atom. The fourth-order valence-corrected chi connectivity index (χ4v) is 8.09. The summed E-state index contributed by atoms with van der Waals surface area (Å²) in [7, 11) is 0. The van der Waals surface area contributed by atoms with E-state index in [-0.39, 0.29) is 0 Å². The summed E-state index contributed by atoms with van der Waals surface area (Å²) in [6.07, 6.45) is 0.948. The first-order valence-electron chi connectivity index (χ1n) is 17.6. The average molecular weight is 651 g/mol. The number of hydrogen-bond acceptors (Lipinski definition) is 1. The zero-order valence-corrected chi connectivity index (χ0v) is 28.1. The van der Waals surface area contributed by atoms with Crippen molar-refractivity contribution in [2.24, 2.45) is 0 Å². The predicted octanol–water partition coefficient (Wildman–Crippen LogP) is 13.2. The van der Waals surface area contributed by atoms with Gasteiger partial charge in [0.2, 0.25) is 0 Å². The lowest BCUT2D eigenvalue weighted by molar-refractivity contribution is 1.17. The van der Waals surface area contributed by atoms with Crippen LogP contribution in [0.2, 0.25) is 0 Å². The van der Waals surface area contributed by atoms with E-state index < -0.39 is 0 Å². The Kier molecular flexibility index (Phi) is 6.92. The van der Waals surface area contributed by atoms with Gasteiger partial charge < -0.3 is 9.47 Å². The molecule has 240 valence electrons. The molecule has 0 saturated carbocycles. The molecule has 0 N–H and O–H groups in total. The summed E-state index contributed by atoms with van der Waals surface area (Å²) in [6.45, 7) is 0. The van der Waals surface area contributed by atoms with Crippen LogP contribution in [0.4, 0.5) is 17.1 Å². The van der Waals surface area contributed by atoms with Crippen LogP contribution in [0.1, 0.15) is 11.1 Å². The van der Waals surface area contributed by atoms with Crippen molar-refractivity contribution in [2.45, 2.75) is 6.42 Å².